The van der Waals surface area contributed by atoms with Gasteiger partial charge in [-0.3, -0.25) is 0 Å². The summed E-state index contributed by atoms with van der Waals surface area (Å²) in [5, 5.41) is 0. The van der Waals surface area contributed by atoms with E-state index in [9.17, 15) is 22.1 Å². The summed E-state index contributed by atoms with van der Waals surface area (Å²) >= 11 is 0. The molecule has 0 saturated carbocycles. The van der Waals surface area contributed by atoms with E-state index in [1.807, 2.05) is 36.4 Å². The fourth-order valence-corrected chi connectivity index (χ4v) is 3.40. The summed E-state index contributed by atoms with van der Waals surface area (Å²) in [4.78, 5) is 12.3. The van der Waals surface area contributed by atoms with Crippen molar-refractivity contribution in [1.82, 2.24) is 0 Å². The van der Waals surface area contributed by atoms with Gasteiger partial charge < -0.3 is 22.0 Å². The summed E-state index contributed by atoms with van der Waals surface area (Å²) in [6.07, 6.45) is 1.86. The number of fused-ring (bicyclic) bond motifs is 3. The number of hydrogen-bond donors (Lipinski definition) is 0. The van der Waals surface area contributed by atoms with E-state index in [2.05, 4.69) is 24.3 Å². The van der Waals surface area contributed by atoms with Crippen LogP contribution in [0, 0.1) is 0 Å². The normalized spacial score (nSPS) is 12.2. The van der Waals surface area contributed by atoms with Crippen LogP contribution in [0.1, 0.15) is 28.6 Å². The largest absolute Gasteiger partial charge is 0.673 e. The fraction of sp³-hybridized carbons (Fsp3) is 0.182. The van der Waals surface area contributed by atoms with Gasteiger partial charge in [0, 0.05) is 5.56 Å². The average molecular weight is 418 g/mol. The van der Waals surface area contributed by atoms with E-state index in [4.69, 9.17) is 9.15 Å². The lowest BCUT2D eigenvalue weighted by molar-refractivity contribution is 0.0488. The maximum Gasteiger partial charge on any atom is 0.673 e. The number of aryl methyl sites for hydroxylation is 1. The van der Waals surface area contributed by atoms with Crippen LogP contribution in [0.5, 0.6) is 0 Å². The molecule has 2 aromatic carbocycles. The van der Waals surface area contributed by atoms with E-state index in [1.54, 1.807) is 6.92 Å². The molecule has 30 heavy (non-hydrogen) atoms. The molecule has 156 valence electrons. The average Bonchev–Trinajstić information content (AvgIpc) is 2.72. The molecule has 0 spiro atoms. The first-order valence-electron chi connectivity index (χ1n) is 9.46. The number of carbonyl (C=O) groups is 1. The molecular weight excluding hydrogens is 399 g/mol. The van der Waals surface area contributed by atoms with Gasteiger partial charge >= 0.3 is 24.7 Å². The Morgan fingerprint density at radius 1 is 0.967 bits per heavy atom. The second-order valence-electron chi connectivity index (χ2n) is 6.57. The maximum atomic E-state index is 12.3. The first-order valence-corrected chi connectivity index (χ1v) is 9.46. The lowest BCUT2D eigenvalue weighted by atomic mass is 9.85. The molecule has 4 rings (SSSR count). The molecule has 1 aromatic heterocycles. The molecular formula is C22H19BF4O3. The van der Waals surface area contributed by atoms with Gasteiger partial charge in [0.2, 0.25) is 0 Å². The summed E-state index contributed by atoms with van der Waals surface area (Å²) in [5.41, 5.74) is 5.59. The van der Waals surface area contributed by atoms with Crippen LogP contribution in [0.3, 0.4) is 0 Å². The monoisotopic (exact) mass is 418 g/mol. The quantitative estimate of drug-likeness (QED) is 0.212. The lowest BCUT2D eigenvalue weighted by Crippen LogP contribution is -2.10. The Bertz CT molecular complexity index is 1010. The highest BCUT2D eigenvalue weighted by Gasteiger charge is 2.34. The number of esters is 1. The van der Waals surface area contributed by atoms with Gasteiger partial charge in [0.15, 0.2) is 0 Å². The third kappa shape index (κ3) is 5.26. The number of carbonyl (C=O) groups excluding carboxylic acids is 1. The van der Waals surface area contributed by atoms with Crippen molar-refractivity contribution in [2.75, 3.05) is 6.61 Å². The first-order chi connectivity index (χ1) is 14.3. The van der Waals surface area contributed by atoms with Crippen molar-refractivity contribution in [3.8, 4) is 22.5 Å². The summed E-state index contributed by atoms with van der Waals surface area (Å²) < 4.78 is 50.2. The number of halogens is 4. The van der Waals surface area contributed by atoms with Crippen LogP contribution >= 0.6 is 0 Å². The smallest absolute Gasteiger partial charge is 0.456 e. The van der Waals surface area contributed by atoms with Crippen LogP contribution < -0.4 is 0 Å². The van der Waals surface area contributed by atoms with Crippen molar-refractivity contribution >= 4 is 13.2 Å². The Kier molecular flexibility index (Phi) is 6.55. The van der Waals surface area contributed by atoms with E-state index >= 15 is 0 Å². The third-order valence-electron chi connectivity index (χ3n) is 4.55. The number of benzene rings is 2. The minimum absolute atomic E-state index is 0.246. The van der Waals surface area contributed by atoms with Crippen LogP contribution in [-0.2, 0) is 17.6 Å². The Morgan fingerprint density at radius 2 is 1.60 bits per heavy atom. The van der Waals surface area contributed by atoms with Gasteiger partial charge in [-0.15, -0.1) is 0 Å². The minimum Gasteiger partial charge on any atom is -0.456 e. The van der Waals surface area contributed by atoms with Crippen LogP contribution in [0.2, 0.25) is 0 Å². The molecule has 0 atom stereocenters. The van der Waals surface area contributed by atoms with Gasteiger partial charge in [0.1, 0.15) is 0 Å². The summed E-state index contributed by atoms with van der Waals surface area (Å²) in [5.74, 6) is 0.605. The highest BCUT2D eigenvalue weighted by atomic mass is 19.5. The van der Waals surface area contributed by atoms with Gasteiger partial charge in [0.25, 0.3) is 0 Å². The van der Waals surface area contributed by atoms with Gasteiger partial charge in [-0.05, 0) is 37.0 Å². The molecule has 1 aliphatic rings. The Labute approximate surface area is 171 Å². The zero-order chi connectivity index (χ0) is 21.7. The molecule has 0 aliphatic heterocycles. The standard InChI is InChI=1S/C22H19O3.BF4/c1-2-24-22(23)20-14-19(15-8-4-3-5-9-15)18-13-12-16-10-6-7-11-17(16)21(18)25-20;2-1(3,4)5/h3-11,14H,2,12-13H2,1H3;/q+1;-1. The molecule has 0 radical (unpaired) electrons. The highest BCUT2D eigenvalue weighted by molar-refractivity contribution is 6.50. The van der Waals surface area contributed by atoms with Crippen molar-refractivity contribution in [2.24, 2.45) is 0 Å². The first kappa shape index (κ1) is 21.6. The van der Waals surface area contributed by atoms with E-state index < -0.39 is 13.2 Å². The summed E-state index contributed by atoms with van der Waals surface area (Å²) in [6.45, 7) is 2.12. The third-order valence-corrected chi connectivity index (χ3v) is 4.55. The predicted octanol–water partition coefficient (Wildman–Crippen LogP) is 6.47. The second kappa shape index (κ2) is 9.11. The van der Waals surface area contributed by atoms with E-state index in [0.29, 0.717) is 6.61 Å². The molecule has 0 saturated heterocycles. The second-order valence-corrected chi connectivity index (χ2v) is 6.57. The van der Waals surface area contributed by atoms with Crippen molar-refractivity contribution < 1.29 is 31.2 Å². The van der Waals surface area contributed by atoms with Crippen molar-refractivity contribution in [2.45, 2.75) is 19.8 Å². The predicted molar refractivity (Wildman–Crippen MR) is 108 cm³/mol. The molecule has 1 aliphatic carbocycles. The molecule has 0 bridgehead atoms. The summed E-state index contributed by atoms with van der Waals surface area (Å²) in [7, 11) is -6.00. The van der Waals surface area contributed by atoms with Crippen LogP contribution in [0.4, 0.5) is 17.3 Å². The van der Waals surface area contributed by atoms with E-state index in [1.165, 1.54) is 5.56 Å². The number of rotatable bonds is 3. The minimum atomic E-state index is -6.00. The number of ether oxygens (including phenoxy) is 1. The van der Waals surface area contributed by atoms with Crippen molar-refractivity contribution in [1.29, 1.82) is 0 Å². The molecule has 1 heterocycles. The Hall–Kier alpha value is -3.16. The van der Waals surface area contributed by atoms with Gasteiger partial charge in [-0.25, -0.2) is 4.79 Å². The maximum absolute atomic E-state index is 12.3. The van der Waals surface area contributed by atoms with E-state index in [-0.39, 0.29) is 5.76 Å². The molecule has 0 fully saturated rings. The van der Waals surface area contributed by atoms with Crippen molar-refractivity contribution in [3.05, 3.63) is 77.6 Å². The molecule has 0 amide bonds. The molecule has 3 nitrogen and oxygen atoms in total. The molecule has 0 N–H and O–H groups in total. The van der Waals surface area contributed by atoms with Crippen LogP contribution in [-0.4, -0.2) is 19.8 Å². The molecule has 8 heteroatoms. The topological polar surface area (TPSA) is 37.6 Å². The Morgan fingerprint density at radius 3 is 2.27 bits per heavy atom. The lowest BCUT2D eigenvalue weighted by Gasteiger charge is -2.16. The van der Waals surface area contributed by atoms with Crippen LogP contribution in [0.25, 0.3) is 22.5 Å². The van der Waals surface area contributed by atoms with Gasteiger partial charge in [-0.1, -0.05) is 48.5 Å². The zero-order valence-corrected chi connectivity index (χ0v) is 16.2. The fourth-order valence-electron chi connectivity index (χ4n) is 3.40. The number of hydrogen-bond acceptors (Lipinski definition) is 2. The highest BCUT2D eigenvalue weighted by Crippen LogP contribution is 2.39. The SMILES string of the molecule is CCOC(=O)c1cc(-c2ccccc2)c2c([o+]1)-c1ccccc1CC2.F[B-](F)(F)F. The molecule has 0 unspecified atom stereocenters. The summed E-state index contributed by atoms with van der Waals surface area (Å²) in [6, 6.07) is 20.2. The zero-order valence-electron chi connectivity index (χ0n) is 16.2. The van der Waals surface area contributed by atoms with Crippen LogP contribution in [0.15, 0.2) is 65.1 Å². The van der Waals surface area contributed by atoms with E-state index in [0.717, 1.165) is 40.9 Å². The van der Waals surface area contributed by atoms with Crippen molar-refractivity contribution in [3.63, 3.8) is 0 Å². The van der Waals surface area contributed by atoms with Gasteiger partial charge in [-0.2, -0.15) is 4.42 Å². The molecule has 3 aromatic rings. The van der Waals surface area contributed by atoms with Gasteiger partial charge in [0.05, 0.1) is 23.8 Å². The Balaban J connectivity index is 0.000000461.